The molecule has 11 heteroatoms. The molecule has 2 amide bonds. The monoisotopic (exact) mass is 529 g/mol. The first-order valence-electron chi connectivity index (χ1n) is 11.6. The van der Waals surface area contributed by atoms with Crippen LogP contribution in [0.15, 0.2) is 79.0 Å². The molecule has 0 saturated carbocycles. The highest BCUT2D eigenvalue weighted by Crippen LogP contribution is 2.23. The van der Waals surface area contributed by atoms with E-state index in [1.165, 1.54) is 19.1 Å². The second-order valence-electron chi connectivity index (χ2n) is 8.26. The number of rotatable bonds is 12. The Bertz CT molecular complexity index is 1210. The molecule has 0 aliphatic rings. The minimum atomic E-state index is -4.80. The number of alkyl halides is 3. The van der Waals surface area contributed by atoms with Gasteiger partial charge in [-0.25, -0.2) is 0 Å². The van der Waals surface area contributed by atoms with Crippen LogP contribution < -0.4 is 15.4 Å². The topological polar surface area (TPSA) is 107 Å². The summed E-state index contributed by atoms with van der Waals surface area (Å²) in [5.41, 5.74) is 1.81. The van der Waals surface area contributed by atoms with E-state index < -0.39 is 36.1 Å². The van der Waals surface area contributed by atoms with Crippen molar-refractivity contribution in [3.8, 4) is 5.75 Å². The lowest BCUT2D eigenvalue weighted by atomic mass is 10.0. The number of ether oxygens (including phenoxy) is 2. The Morgan fingerprint density at radius 2 is 1.61 bits per heavy atom. The normalized spacial score (nSPS) is 12.7. The lowest BCUT2D eigenvalue weighted by molar-refractivity contribution is -0.274. The van der Waals surface area contributed by atoms with Crippen LogP contribution in [0.2, 0.25) is 0 Å². The molecule has 2 aromatic carbocycles. The van der Waals surface area contributed by atoms with Gasteiger partial charge in [-0.3, -0.25) is 19.4 Å². The molecule has 0 aliphatic heterocycles. The molecular formula is C27H26F3N3O5. The van der Waals surface area contributed by atoms with Crippen LogP contribution in [-0.4, -0.2) is 41.1 Å². The van der Waals surface area contributed by atoms with Gasteiger partial charge in [-0.15, -0.1) is 13.2 Å². The fourth-order valence-electron chi connectivity index (χ4n) is 3.35. The highest BCUT2D eigenvalue weighted by atomic mass is 19.4. The lowest BCUT2D eigenvalue weighted by Crippen LogP contribution is -2.51. The Balaban J connectivity index is 1.59. The molecule has 0 fully saturated rings. The summed E-state index contributed by atoms with van der Waals surface area (Å²) in [6.07, 6.45) is -4.18. The Hall–Kier alpha value is -4.25. The van der Waals surface area contributed by atoms with Gasteiger partial charge in [0.25, 0.3) is 5.91 Å². The molecule has 0 saturated heterocycles. The number of amides is 2. The largest absolute Gasteiger partial charge is 0.573 e. The van der Waals surface area contributed by atoms with E-state index >= 15 is 0 Å². The van der Waals surface area contributed by atoms with E-state index in [1.807, 2.05) is 0 Å². The number of pyridine rings is 1. The van der Waals surface area contributed by atoms with Crippen molar-refractivity contribution in [3.05, 3.63) is 95.8 Å². The summed E-state index contributed by atoms with van der Waals surface area (Å²) < 4.78 is 46.3. The third-order valence-corrected chi connectivity index (χ3v) is 5.32. The summed E-state index contributed by atoms with van der Waals surface area (Å²) in [5.74, 6) is -2.71. The van der Waals surface area contributed by atoms with Gasteiger partial charge in [0.15, 0.2) is 0 Å². The predicted octanol–water partition coefficient (Wildman–Crippen LogP) is 3.50. The molecule has 1 aromatic heterocycles. The highest BCUT2D eigenvalue weighted by molar-refractivity contribution is 6.38. The maximum absolute atomic E-state index is 13.0. The summed E-state index contributed by atoms with van der Waals surface area (Å²) in [5, 5.41) is 5.10. The van der Waals surface area contributed by atoms with Gasteiger partial charge in [-0.1, -0.05) is 48.5 Å². The number of ketones is 1. The molecule has 0 spiro atoms. The quantitative estimate of drug-likeness (QED) is 0.348. The zero-order valence-corrected chi connectivity index (χ0v) is 20.4. The fourth-order valence-corrected chi connectivity index (χ4v) is 3.35. The van der Waals surface area contributed by atoms with Crippen molar-refractivity contribution in [2.24, 2.45) is 0 Å². The molecule has 0 radical (unpaired) electrons. The molecule has 38 heavy (non-hydrogen) atoms. The van der Waals surface area contributed by atoms with Gasteiger partial charge in [0.05, 0.1) is 18.8 Å². The third-order valence-electron chi connectivity index (χ3n) is 5.32. The van der Waals surface area contributed by atoms with Crippen LogP contribution in [0.1, 0.15) is 23.7 Å². The zero-order valence-electron chi connectivity index (χ0n) is 20.4. The summed E-state index contributed by atoms with van der Waals surface area (Å²) in [4.78, 5) is 42.4. The van der Waals surface area contributed by atoms with E-state index in [0.717, 1.165) is 17.7 Å². The molecule has 0 bridgehead atoms. The molecule has 1 heterocycles. The number of aromatic nitrogens is 1. The first-order chi connectivity index (χ1) is 18.1. The van der Waals surface area contributed by atoms with Crippen LogP contribution in [0.4, 0.5) is 13.2 Å². The van der Waals surface area contributed by atoms with Crippen molar-refractivity contribution >= 4 is 17.6 Å². The van der Waals surface area contributed by atoms with E-state index in [-0.39, 0.29) is 25.3 Å². The van der Waals surface area contributed by atoms with Crippen molar-refractivity contribution in [1.29, 1.82) is 0 Å². The van der Waals surface area contributed by atoms with E-state index in [0.29, 0.717) is 11.3 Å². The molecule has 8 nitrogen and oxygen atoms in total. The Morgan fingerprint density at radius 1 is 0.921 bits per heavy atom. The fraction of sp³-hybridized carbons (Fsp3) is 0.259. The Kier molecular flexibility index (Phi) is 9.94. The second-order valence-corrected chi connectivity index (χ2v) is 8.26. The number of carbonyl (C=O) groups excluding carboxylic acids is 3. The van der Waals surface area contributed by atoms with Crippen molar-refractivity contribution in [1.82, 2.24) is 15.6 Å². The Morgan fingerprint density at radius 3 is 2.24 bits per heavy atom. The predicted molar refractivity (Wildman–Crippen MR) is 131 cm³/mol. The van der Waals surface area contributed by atoms with E-state index in [9.17, 15) is 27.6 Å². The van der Waals surface area contributed by atoms with Crippen LogP contribution >= 0.6 is 0 Å². The maximum Gasteiger partial charge on any atom is 0.573 e. The average molecular weight is 530 g/mol. The van der Waals surface area contributed by atoms with Crippen LogP contribution in [0.25, 0.3) is 0 Å². The summed E-state index contributed by atoms with van der Waals surface area (Å²) in [7, 11) is 0. The van der Waals surface area contributed by atoms with Gasteiger partial charge >= 0.3 is 6.36 Å². The third kappa shape index (κ3) is 9.32. The first-order valence-corrected chi connectivity index (χ1v) is 11.6. The van der Waals surface area contributed by atoms with Crippen molar-refractivity contribution in [2.75, 3.05) is 0 Å². The molecule has 2 atom stereocenters. The average Bonchev–Trinajstić information content (AvgIpc) is 2.90. The highest BCUT2D eigenvalue weighted by Gasteiger charge is 2.31. The number of nitrogens with one attached hydrogen (secondary N) is 2. The number of Topliss-reactive ketones (excluding diaryl/α,β-unsaturated/α-hetero) is 1. The minimum absolute atomic E-state index is 0.0454. The van der Waals surface area contributed by atoms with Crippen LogP contribution in [0.5, 0.6) is 5.75 Å². The molecule has 200 valence electrons. The number of hydrogen-bond acceptors (Lipinski definition) is 6. The van der Waals surface area contributed by atoms with Gasteiger partial charge in [-0.2, -0.15) is 0 Å². The minimum Gasteiger partial charge on any atom is -0.406 e. The lowest BCUT2D eigenvalue weighted by Gasteiger charge is -2.20. The molecule has 3 rings (SSSR count). The van der Waals surface area contributed by atoms with Crippen molar-refractivity contribution in [2.45, 2.75) is 45.0 Å². The van der Waals surface area contributed by atoms with E-state index in [1.54, 1.807) is 54.7 Å². The van der Waals surface area contributed by atoms with Gasteiger partial charge in [0.2, 0.25) is 11.7 Å². The van der Waals surface area contributed by atoms with Gasteiger partial charge in [0, 0.05) is 12.6 Å². The molecule has 3 aromatic rings. The van der Waals surface area contributed by atoms with Crippen molar-refractivity contribution in [3.63, 3.8) is 0 Å². The second kappa shape index (κ2) is 13.3. The standard InChI is InChI=1S/C27H26F3N3O5/c1-18(37-17-20-10-12-22(13-11-20)38-27(28,29)30)25(35)33-23(15-19-7-3-2-4-8-19)24(34)26(36)32-16-21-9-5-6-14-31-21/h2-14,18,23H,15-17H2,1H3,(H,32,36)(H,33,35)/t18-,23-/m1/s1. The van der Waals surface area contributed by atoms with Crippen LogP contribution in [-0.2, 0) is 38.7 Å². The zero-order chi connectivity index (χ0) is 27.5. The summed E-state index contributed by atoms with van der Waals surface area (Å²) in [6, 6.07) is 17.9. The number of halogens is 3. The number of benzene rings is 2. The van der Waals surface area contributed by atoms with Gasteiger partial charge < -0.3 is 20.1 Å². The smallest absolute Gasteiger partial charge is 0.406 e. The number of nitrogens with zero attached hydrogens (tertiary/aromatic N) is 1. The van der Waals surface area contributed by atoms with Crippen LogP contribution in [0.3, 0.4) is 0 Å². The molecular weight excluding hydrogens is 503 g/mol. The first kappa shape index (κ1) is 28.3. The summed E-state index contributed by atoms with van der Waals surface area (Å²) in [6.45, 7) is 1.42. The molecule has 0 unspecified atom stereocenters. The maximum atomic E-state index is 13.0. The number of carbonyl (C=O) groups is 3. The van der Waals surface area contributed by atoms with Gasteiger partial charge in [0.1, 0.15) is 17.9 Å². The van der Waals surface area contributed by atoms with E-state index in [2.05, 4.69) is 20.4 Å². The van der Waals surface area contributed by atoms with E-state index in [4.69, 9.17) is 4.74 Å². The summed E-state index contributed by atoms with van der Waals surface area (Å²) >= 11 is 0. The van der Waals surface area contributed by atoms with Gasteiger partial charge in [-0.05, 0) is 42.3 Å². The van der Waals surface area contributed by atoms with Crippen LogP contribution in [0, 0.1) is 0 Å². The molecule has 2 N–H and O–H groups in total. The molecule has 0 aliphatic carbocycles. The SMILES string of the molecule is C[C@@H](OCc1ccc(OC(F)(F)F)cc1)C(=O)N[C@H](Cc1ccccc1)C(=O)C(=O)NCc1ccccn1. The Labute approximate surface area is 217 Å². The van der Waals surface area contributed by atoms with Crippen molar-refractivity contribution < 1.29 is 37.0 Å². The number of hydrogen-bond donors (Lipinski definition) is 2.